The van der Waals surface area contributed by atoms with Crippen LogP contribution in [0.1, 0.15) is 0 Å². The molecule has 0 radical (unpaired) electrons. The molecule has 2 nitrogen and oxygen atoms in total. The van der Waals surface area contributed by atoms with Gasteiger partial charge in [-0.1, -0.05) is 0 Å². The first-order valence-electron chi connectivity index (χ1n) is 4.24. The molecule has 0 bridgehead atoms. The van der Waals surface area contributed by atoms with Crippen molar-refractivity contribution in [1.29, 1.82) is 0 Å². The molecule has 0 amide bonds. The van der Waals surface area contributed by atoms with Crippen LogP contribution in [0.4, 0.5) is 0 Å². The van der Waals surface area contributed by atoms with Crippen LogP contribution in [0, 0.1) is 0 Å². The lowest BCUT2D eigenvalue weighted by Gasteiger charge is -1.95. The molecule has 2 aromatic heterocycles. The quantitative estimate of drug-likeness (QED) is 0.524. The fraction of sp³-hybridized carbons (Fsp3) is 0. The average molecular weight is 202 g/mol. The molecule has 14 heavy (non-hydrogen) atoms. The number of hydrogen-bond acceptors (Lipinski definition) is 3. The van der Waals surface area contributed by atoms with Crippen LogP contribution in [0.25, 0.3) is 21.1 Å². The van der Waals surface area contributed by atoms with Crippen LogP contribution >= 0.6 is 11.3 Å². The van der Waals surface area contributed by atoms with Gasteiger partial charge in [0.15, 0.2) is 0 Å². The lowest BCUT2D eigenvalue weighted by molar-refractivity contribution is 0.561. The third-order valence-corrected chi connectivity index (χ3v) is 3.07. The second-order valence-corrected chi connectivity index (χ2v) is 4.05. The molecular weight excluding hydrogens is 196 g/mol. The van der Waals surface area contributed by atoms with Gasteiger partial charge in [-0.15, -0.1) is 11.3 Å². The summed E-state index contributed by atoms with van der Waals surface area (Å²) in [5, 5.41) is 4.19. The van der Waals surface area contributed by atoms with Crippen molar-refractivity contribution in [1.82, 2.24) is 0 Å². The van der Waals surface area contributed by atoms with Gasteiger partial charge in [-0.05, 0) is 35.0 Å². The Morgan fingerprint density at radius 1 is 1.07 bits per heavy atom. The largest absolute Gasteiger partial charge is 0.423 e. The van der Waals surface area contributed by atoms with E-state index in [0.717, 1.165) is 10.1 Å². The molecule has 3 aromatic rings. The van der Waals surface area contributed by atoms with Gasteiger partial charge >= 0.3 is 5.63 Å². The molecule has 0 N–H and O–H groups in total. The highest BCUT2D eigenvalue weighted by Crippen LogP contribution is 2.25. The lowest BCUT2D eigenvalue weighted by Crippen LogP contribution is -1.93. The number of hydrogen-bond donors (Lipinski definition) is 0. The molecule has 3 rings (SSSR count). The van der Waals surface area contributed by atoms with Crippen LogP contribution in [0.15, 0.2) is 44.9 Å². The van der Waals surface area contributed by atoms with Crippen molar-refractivity contribution in [3.63, 3.8) is 0 Å². The Morgan fingerprint density at radius 2 is 2.00 bits per heavy atom. The van der Waals surface area contributed by atoms with E-state index in [1.165, 1.54) is 11.5 Å². The zero-order chi connectivity index (χ0) is 9.54. The van der Waals surface area contributed by atoms with Gasteiger partial charge in [-0.2, -0.15) is 0 Å². The van der Waals surface area contributed by atoms with E-state index in [2.05, 4.69) is 6.07 Å². The Kier molecular flexibility index (Phi) is 1.49. The van der Waals surface area contributed by atoms with Gasteiger partial charge in [0, 0.05) is 16.2 Å². The predicted octanol–water partition coefficient (Wildman–Crippen LogP) is 3.01. The topological polar surface area (TPSA) is 30.2 Å². The van der Waals surface area contributed by atoms with Crippen molar-refractivity contribution < 1.29 is 4.42 Å². The maximum Gasteiger partial charge on any atom is 0.336 e. The summed E-state index contributed by atoms with van der Waals surface area (Å²) in [6.45, 7) is 0. The summed E-state index contributed by atoms with van der Waals surface area (Å²) in [7, 11) is 0. The zero-order valence-electron chi connectivity index (χ0n) is 7.19. The summed E-state index contributed by atoms with van der Waals surface area (Å²) in [5.41, 5.74) is 0.362. The van der Waals surface area contributed by atoms with Crippen LogP contribution < -0.4 is 5.63 Å². The first-order chi connectivity index (χ1) is 6.83. The Hall–Kier alpha value is -1.61. The standard InChI is InChI=1S/C11H6O2S/c12-11-2-1-7-5-8-3-4-14-10(8)6-9(7)13-11/h1-6H. The number of fused-ring (bicyclic) bond motifs is 2. The summed E-state index contributed by atoms with van der Waals surface area (Å²) in [4.78, 5) is 11.0. The molecule has 0 atom stereocenters. The molecule has 0 aliphatic carbocycles. The molecular formula is C11H6O2S. The minimum atomic E-state index is -0.298. The van der Waals surface area contributed by atoms with Crippen molar-refractivity contribution in [2.24, 2.45) is 0 Å². The molecule has 68 valence electrons. The second-order valence-electron chi connectivity index (χ2n) is 3.10. The molecule has 0 fully saturated rings. The van der Waals surface area contributed by atoms with E-state index in [9.17, 15) is 4.79 Å². The van der Waals surface area contributed by atoms with Crippen LogP contribution in [0.5, 0.6) is 0 Å². The Balaban J connectivity index is 2.56. The fourth-order valence-electron chi connectivity index (χ4n) is 1.53. The van der Waals surface area contributed by atoms with Crippen molar-refractivity contribution in [2.75, 3.05) is 0 Å². The lowest BCUT2D eigenvalue weighted by atomic mass is 10.2. The zero-order valence-corrected chi connectivity index (χ0v) is 8.01. The first kappa shape index (κ1) is 7.76. The van der Waals surface area contributed by atoms with E-state index in [0.29, 0.717) is 5.58 Å². The van der Waals surface area contributed by atoms with E-state index in [1.807, 2.05) is 17.5 Å². The van der Waals surface area contributed by atoms with E-state index in [4.69, 9.17) is 4.42 Å². The molecule has 0 unspecified atom stereocenters. The molecule has 0 aliphatic rings. The first-order valence-corrected chi connectivity index (χ1v) is 5.12. The molecule has 0 saturated heterocycles. The molecule has 3 heteroatoms. The van der Waals surface area contributed by atoms with E-state index in [1.54, 1.807) is 17.4 Å². The smallest absolute Gasteiger partial charge is 0.336 e. The summed E-state index contributed by atoms with van der Waals surface area (Å²) >= 11 is 1.65. The molecule has 0 spiro atoms. The van der Waals surface area contributed by atoms with Gasteiger partial charge < -0.3 is 4.42 Å². The van der Waals surface area contributed by atoms with Crippen molar-refractivity contribution in [3.05, 3.63) is 46.1 Å². The number of rotatable bonds is 0. The highest BCUT2D eigenvalue weighted by Gasteiger charge is 2.00. The number of benzene rings is 1. The van der Waals surface area contributed by atoms with Crippen molar-refractivity contribution >= 4 is 32.4 Å². The van der Waals surface area contributed by atoms with Gasteiger partial charge in [0.25, 0.3) is 0 Å². The SMILES string of the molecule is O=c1ccc2cc3ccsc3cc2o1. The maximum atomic E-state index is 11.0. The monoisotopic (exact) mass is 202 g/mol. The van der Waals surface area contributed by atoms with Crippen LogP contribution in [-0.4, -0.2) is 0 Å². The predicted molar refractivity (Wildman–Crippen MR) is 57.9 cm³/mol. The molecule has 2 heterocycles. The van der Waals surface area contributed by atoms with Crippen molar-refractivity contribution in [3.8, 4) is 0 Å². The molecule has 0 saturated carbocycles. The third-order valence-electron chi connectivity index (χ3n) is 2.19. The van der Waals surface area contributed by atoms with Crippen LogP contribution in [-0.2, 0) is 0 Å². The maximum absolute atomic E-state index is 11.0. The van der Waals surface area contributed by atoms with Gasteiger partial charge in [-0.3, -0.25) is 0 Å². The minimum Gasteiger partial charge on any atom is -0.423 e. The number of thiophene rings is 1. The minimum absolute atomic E-state index is 0.298. The third kappa shape index (κ3) is 1.06. The fourth-order valence-corrected chi connectivity index (χ4v) is 2.33. The van der Waals surface area contributed by atoms with Gasteiger partial charge in [-0.25, -0.2) is 4.79 Å². The average Bonchev–Trinajstić information content (AvgIpc) is 2.61. The summed E-state index contributed by atoms with van der Waals surface area (Å²) in [5.74, 6) is 0. The molecule has 0 aliphatic heterocycles. The van der Waals surface area contributed by atoms with E-state index < -0.39 is 0 Å². The van der Waals surface area contributed by atoms with Crippen molar-refractivity contribution in [2.45, 2.75) is 0 Å². The van der Waals surface area contributed by atoms with E-state index in [-0.39, 0.29) is 5.63 Å². The van der Waals surface area contributed by atoms with Crippen LogP contribution in [0.3, 0.4) is 0 Å². The Morgan fingerprint density at radius 3 is 2.93 bits per heavy atom. The summed E-state index contributed by atoms with van der Waals surface area (Å²) in [6, 6.07) is 9.24. The normalized spacial score (nSPS) is 11.1. The van der Waals surface area contributed by atoms with Gasteiger partial charge in [0.05, 0.1) is 0 Å². The molecule has 1 aromatic carbocycles. The van der Waals surface area contributed by atoms with E-state index >= 15 is 0 Å². The summed E-state index contributed by atoms with van der Waals surface area (Å²) < 4.78 is 6.24. The Bertz CT molecular complexity index is 663. The van der Waals surface area contributed by atoms with Gasteiger partial charge in [0.2, 0.25) is 0 Å². The van der Waals surface area contributed by atoms with Gasteiger partial charge in [0.1, 0.15) is 5.58 Å². The highest BCUT2D eigenvalue weighted by molar-refractivity contribution is 7.17. The summed E-state index contributed by atoms with van der Waals surface area (Å²) in [6.07, 6.45) is 0. The Labute approximate surface area is 83.4 Å². The van der Waals surface area contributed by atoms with Crippen LogP contribution in [0.2, 0.25) is 0 Å². The second kappa shape index (κ2) is 2.69. The highest BCUT2D eigenvalue weighted by atomic mass is 32.1.